The number of hydrogen-bond acceptors (Lipinski definition) is 2. The van der Waals surface area contributed by atoms with Gasteiger partial charge in [-0.3, -0.25) is 4.79 Å². The van der Waals surface area contributed by atoms with Crippen molar-refractivity contribution < 1.29 is 9.53 Å². The predicted molar refractivity (Wildman–Crippen MR) is 114 cm³/mol. The van der Waals surface area contributed by atoms with E-state index in [-0.39, 0.29) is 5.97 Å². The molecule has 28 heavy (non-hydrogen) atoms. The van der Waals surface area contributed by atoms with Crippen LogP contribution in [0.3, 0.4) is 0 Å². The zero-order chi connectivity index (χ0) is 19.1. The van der Waals surface area contributed by atoms with E-state index in [1.807, 2.05) is 30.3 Å². The molecule has 0 radical (unpaired) electrons. The van der Waals surface area contributed by atoms with Gasteiger partial charge in [0.05, 0.1) is 6.42 Å². The van der Waals surface area contributed by atoms with Crippen LogP contribution in [0.25, 0.3) is 33.0 Å². The summed E-state index contributed by atoms with van der Waals surface area (Å²) in [7, 11) is 0. The van der Waals surface area contributed by atoms with Crippen molar-refractivity contribution in [2.24, 2.45) is 0 Å². The minimum absolute atomic E-state index is 0.219. The van der Waals surface area contributed by atoms with Crippen LogP contribution in [-0.2, 0) is 11.2 Å². The van der Waals surface area contributed by atoms with Crippen LogP contribution in [-0.4, -0.2) is 5.97 Å². The molecule has 0 aliphatic carbocycles. The fourth-order valence-electron chi connectivity index (χ4n) is 4.01. The van der Waals surface area contributed by atoms with Crippen LogP contribution >= 0.6 is 11.6 Å². The molecule has 1 aliphatic rings. The van der Waals surface area contributed by atoms with Crippen LogP contribution < -0.4 is 4.74 Å². The summed E-state index contributed by atoms with van der Waals surface area (Å²) in [6.45, 7) is 0. The number of esters is 1. The Balaban J connectivity index is 1.95. The molecule has 0 fully saturated rings. The molecule has 0 spiro atoms. The second-order valence-electron chi connectivity index (χ2n) is 6.99. The normalized spacial score (nSPS) is 13.2. The Kier molecular flexibility index (Phi) is 4.14. The zero-order valence-electron chi connectivity index (χ0n) is 15.1. The first kappa shape index (κ1) is 17.0. The maximum Gasteiger partial charge on any atom is 0.311 e. The highest BCUT2D eigenvalue weighted by molar-refractivity contribution is 6.31. The topological polar surface area (TPSA) is 26.3 Å². The van der Waals surface area contributed by atoms with Crippen molar-refractivity contribution in [1.29, 1.82) is 0 Å². The van der Waals surface area contributed by atoms with E-state index < -0.39 is 0 Å². The lowest BCUT2D eigenvalue weighted by atomic mass is 9.84. The summed E-state index contributed by atoms with van der Waals surface area (Å²) in [4.78, 5) is 12.3. The fourth-order valence-corrected chi connectivity index (χ4v) is 4.18. The van der Waals surface area contributed by atoms with E-state index in [1.165, 1.54) is 5.39 Å². The largest absolute Gasteiger partial charge is 0.426 e. The number of hydrogen-bond donors (Lipinski definition) is 0. The van der Waals surface area contributed by atoms with Crippen LogP contribution in [0.1, 0.15) is 12.0 Å². The Labute approximate surface area is 168 Å². The van der Waals surface area contributed by atoms with E-state index in [0.29, 0.717) is 23.6 Å². The molecule has 2 nitrogen and oxygen atoms in total. The van der Waals surface area contributed by atoms with Gasteiger partial charge in [-0.2, -0.15) is 0 Å². The van der Waals surface area contributed by atoms with Gasteiger partial charge in [-0.05, 0) is 57.6 Å². The molecule has 0 saturated carbocycles. The molecule has 0 bridgehead atoms. The molecule has 4 aromatic rings. The number of fused-ring (bicyclic) bond motifs is 4. The molecule has 3 heteroatoms. The Morgan fingerprint density at radius 2 is 1.57 bits per heavy atom. The minimum atomic E-state index is -0.219. The van der Waals surface area contributed by atoms with Crippen molar-refractivity contribution in [3.8, 4) is 28.0 Å². The second kappa shape index (κ2) is 6.81. The summed E-state index contributed by atoms with van der Waals surface area (Å²) in [6, 6.07) is 26.4. The Morgan fingerprint density at radius 3 is 2.43 bits per heavy atom. The Hall–Kier alpha value is -3.10. The molecule has 0 aromatic heterocycles. The van der Waals surface area contributed by atoms with Gasteiger partial charge in [0.25, 0.3) is 0 Å². The van der Waals surface area contributed by atoms with Crippen molar-refractivity contribution in [3.05, 3.63) is 89.4 Å². The quantitative estimate of drug-likeness (QED) is 0.270. The lowest BCUT2D eigenvalue weighted by molar-refractivity contribution is -0.134. The van der Waals surface area contributed by atoms with Crippen molar-refractivity contribution in [1.82, 2.24) is 0 Å². The predicted octanol–water partition coefficient (Wildman–Crippen LogP) is 6.68. The summed E-state index contributed by atoms with van der Waals surface area (Å²) in [5.74, 6) is 0.339. The van der Waals surface area contributed by atoms with Crippen molar-refractivity contribution in [2.45, 2.75) is 12.8 Å². The van der Waals surface area contributed by atoms with Crippen molar-refractivity contribution in [2.75, 3.05) is 0 Å². The SMILES string of the molecule is O=C1CCc2cc3ccccc3c(-c3ccccc3)c2-c2cc(Cl)ccc2O1. The van der Waals surface area contributed by atoms with Gasteiger partial charge in [0.1, 0.15) is 5.75 Å². The average molecular weight is 385 g/mol. The van der Waals surface area contributed by atoms with Gasteiger partial charge in [-0.1, -0.05) is 72.3 Å². The number of halogens is 1. The van der Waals surface area contributed by atoms with Crippen LogP contribution in [0.2, 0.25) is 5.02 Å². The third kappa shape index (κ3) is 2.87. The van der Waals surface area contributed by atoms with E-state index in [9.17, 15) is 4.79 Å². The highest BCUT2D eigenvalue weighted by Crippen LogP contribution is 2.45. The fraction of sp³-hybridized carbons (Fsp3) is 0.0800. The van der Waals surface area contributed by atoms with Crippen LogP contribution in [0, 0.1) is 0 Å². The average Bonchev–Trinajstić information content (AvgIpc) is 2.72. The number of rotatable bonds is 1. The van der Waals surface area contributed by atoms with Gasteiger partial charge >= 0.3 is 5.97 Å². The summed E-state index contributed by atoms with van der Waals surface area (Å²) in [5.41, 5.74) is 5.37. The summed E-state index contributed by atoms with van der Waals surface area (Å²) in [6.07, 6.45) is 0.979. The highest BCUT2D eigenvalue weighted by atomic mass is 35.5. The molecule has 0 saturated heterocycles. The van der Waals surface area contributed by atoms with Gasteiger partial charge in [0.2, 0.25) is 0 Å². The van der Waals surface area contributed by atoms with Gasteiger partial charge < -0.3 is 4.74 Å². The first-order chi connectivity index (χ1) is 13.7. The number of ether oxygens (including phenoxy) is 1. The molecule has 1 heterocycles. The van der Waals surface area contributed by atoms with E-state index in [2.05, 4.69) is 36.4 Å². The molecule has 1 aliphatic heterocycles. The van der Waals surface area contributed by atoms with Crippen LogP contribution in [0.15, 0.2) is 78.9 Å². The molecule has 0 atom stereocenters. The Bertz CT molecular complexity index is 1210. The molecule has 0 unspecified atom stereocenters. The summed E-state index contributed by atoms with van der Waals surface area (Å²) < 4.78 is 5.65. The van der Waals surface area contributed by atoms with Gasteiger partial charge in [0.15, 0.2) is 0 Å². The lowest BCUT2D eigenvalue weighted by Gasteiger charge is -2.23. The van der Waals surface area contributed by atoms with E-state index in [1.54, 1.807) is 12.1 Å². The number of aryl methyl sites for hydroxylation is 1. The molecule has 0 N–H and O–H groups in total. The maximum atomic E-state index is 12.3. The first-order valence-electron chi connectivity index (χ1n) is 9.31. The zero-order valence-corrected chi connectivity index (χ0v) is 15.9. The molecule has 0 amide bonds. The second-order valence-corrected chi connectivity index (χ2v) is 7.42. The third-order valence-corrected chi connectivity index (χ3v) is 5.46. The van der Waals surface area contributed by atoms with Gasteiger partial charge in [-0.15, -0.1) is 0 Å². The van der Waals surface area contributed by atoms with E-state index in [4.69, 9.17) is 16.3 Å². The number of carbonyl (C=O) groups is 1. The molecule has 136 valence electrons. The minimum Gasteiger partial charge on any atom is -0.426 e. The number of carbonyl (C=O) groups excluding carboxylic acids is 1. The van der Waals surface area contributed by atoms with E-state index in [0.717, 1.165) is 33.2 Å². The summed E-state index contributed by atoms with van der Waals surface area (Å²) in [5, 5.41) is 2.95. The van der Waals surface area contributed by atoms with Crippen molar-refractivity contribution in [3.63, 3.8) is 0 Å². The summed E-state index contributed by atoms with van der Waals surface area (Å²) >= 11 is 6.35. The third-order valence-electron chi connectivity index (χ3n) is 5.23. The standard InChI is InChI=1S/C25H17ClO2/c26-19-11-12-22-21(15-19)25-18(10-13-23(27)28-22)14-17-8-4-5-9-20(17)24(25)16-6-2-1-3-7-16/h1-9,11-12,14-15H,10,13H2. The van der Waals surface area contributed by atoms with Gasteiger partial charge in [0, 0.05) is 10.6 Å². The monoisotopic (exact) mass is 384 g/mol. The smallest absolute Gasteiger partial charge is 0.311 e. The lowest BCUT2D eigenvalue weighted by Crippen LogP contribution is -2.13. The van der Waals surface area contributed by atoms with E-state index >= 15 is 0 Å². The molecular formula is C25H17ClO2. The molecular weight excluding hydrogens is 368 g/mol. The number of benzene rings is 4. The molecule has 4 aromatic carbocycles. The van der Waals surface area contributed by atoms with Gasteiger partial charge in [-0.25, -0.2) is 0 Å². The Morgan fingerprint density at radius 1 is 0.786 bits per heavy atom. The first-order valence-corrected chi connectivity index (χ1v) is 9.69. The van der Waals surface area contributed by atoms with Crippen molar-refractivity contribution >= 4 is 28.3 Å². The van der Waals surface area contributed by atoms with Crippen LogP contribution in [0.5, 0.6) is 5.75 Å². The van der Waals surface area contributed by atoms with Crippen LogP contribution in [0.4, 0.5) is 0 Å². The highest BCUT2D eigenvalue weighted by Gasteiger charge is 2.23. The maximum absolute atomic E-state index is 12.3. The molecule has 5 rings (SSSR count).